The molecular formula is C17H27FN2O. The van der Waals surface area contributed by atoms with Crippen molar-refractivity contribution in [2.75, 3.05) is 11.9 Å². The molecule has 3 nitrogen and oxygen atoms in total. The van der Waals surface area contributed by atoms with Gasteiger partial charge in [0.1, 0.15) is 5.82 Å². The number of carbonyl (C=O) groups is 1. The van der Waals surface area contributed by atoms with E-state index in [-0.39, 0.29) is 17.1 Å². The van der Waals surface area contributed by atoms with Gasteiger partial charge in [-0.05, 0) is 61.4 Å². The molecule has 0 aliphatic heterocycles. The molecule has 1 rings (SSSR count). The Labute approximate surface area is 127 Å². The molecule has 0 aromatic heterocycles. The maximum atomic E-state index is 13.0. The van der Waals surface area contributed by atoms with Crippen LogP contribution in [-0.4, -0.2) is 12.5 Å². The van der Waals surface area contributed by atoms with Crippen LogP contribution in [0.4, 0.5) is 10.1 Å². The van der Waals surface area contributed by atoms with Gasteiger partial charge in [0.05, 0.1) is 0 Å². The monoisotopic (exact) mass is 294 g/mol. The summed E-state index contributed by atoms with van der Waals surface area (Å²) in [5, 5.41) is 2.85. The van der Waals surface area contributed by atoms with E-state index in [0.29, 0.717) is 24.6 Å². The summed E-state index contributed by atoms with van der Waals surface area (Å²) < 4.78 is 13.0. The normalized spacial score (nSPS) is 13.0. The summed E-state index contributed by atoms with van der Waals surface area (Å²) >= 11 is 0. The minimum Gasteiger partial charge on any atom is -0.330 e. The number of benzene rings is 1. The molecule has 0 saturated carbocycles. The predicted octanol–water partition coefficient (Wildman–Crippen LogP) is 3.86. The summed E-state index contributed by atoms with van der Waals surface area (Å²) in [6, 6.07) is 4.38. The van der Waals surface area contributed by atoms with Crippen molar-refractivity contribution in [2.45, 2.75) is 47.0 Å². The number of aryl methyl sites for hydroxylation is 1. The highest BCUT2D eigenvalue weighted by Gasteiger charge is 2.24. The molecule has 0 fully saturated rings. The largest absolute Gasteiger partial charge is 0.330 e. The third-order valence-corrected chi connectivity index (χ3v) is 3.92. The van der Waals surface area contributed by atoms with Gasteiger partial charge in [0.25, 0.3) is 0 Å². The molecular weight excluding hydrogens is 267 g/mol. The van der Waals surface area contributed by atoms with E-state index in [1.54, 1.807) is 13.0 Å². The number of hydrogen-bond acceptors (Lipinski definition) is 2. The van der Waals surface area contributed by atoms with Crippen LogP contribution in [-0.2, 0) is 4.79 Å². The van der Waals surface area contributed by atoms with Crippen molar-refractivity contribution in [1.29, 1.82) is 0 Å². The third kappa shape index (κ3) is 5.84. The van der Waals surface area contributed by atoms with Gasteiger partial charge >= 0.3 is 0 Å². The molecule has 0 saturated heterocycles. The van der Waals surface area contributed by atoms with Crippen molar-refractivity contribution in [3.63, 3.8) is 0 Å². The predicted molar refractivity (Wildman–Crippen MR) is 85.6 cm³/mol. The molecule has 21 heavy (non-hydrogen) atoms. The van der Waals surface area contributed by atoms with Gasteiger partial charge in [0.15, 0.2) is 0 Å². The Morgan fingerprint density at radius 1 is 1.33 bits per heavy atom. The Morgan fingerprint density at radius 2 is 2.00 bits per heavy atom. The highest BCUT2D eigenvalue weighted by Crippen LogP contribution is 2.32. The molecule has 1 atom stereocenters. The molecule has 1 aromatic rings. The van der Waals surface area contributed by atoms with Gasteiger partial charge in [-0.1, -0.05) is 20.8 Å². The maximum Gasteiger partial charge on any atom is 0.224 e. The second-order valence-corrected chi connectivity index (χ2v) is 6.69. The van der Waals surface area contributed by atoms with Gasteiger partial charge < -0.3 is 11.1 Å². The van der Waals surface area contributed by atoms with E-state index in [1.165, 1.54) is 12.1 Å². The molecule has 0 heterocycles. The van der Waals surface area contributed by atoms with Crippen molar-refractivity contribution >= 4 is 11.6 Å². The fourth-order valence-electron chi connectivity index (χ4n) is 2.50. The molecule has 1 unspecified atom stereocenters. The fourth-order valence-corrected chi connectivity index (χ4v) is 2.50. The lowest BCUT2D eigenvalue weighted by Crippen LogP contribution is -2.25. The van der Waals surface area contributed by atoms with Gasteiger partial charge in [-0.15, -0.1) is 0 Å². The Balaban J connectivity index is 2.57. The highest BCUT2D eigenvalue weighted by molar-refractivity contribution is 5.91. The highest BCUT2D eigenvalue weighted by atomic mass is 19.1. The fraction of sp³-hybridized carbons (Fsp3) is 0.588. The van der Waals surface area contributed by atoms with Crippen LogP contribution in [0.1, 0.15) is 45.6 Å². The molecule has 0 radical (unpaired) electrons. The lowest BCUT2D eigenvalue weighted by atomic mass is 9.76. The van der Waals surface area contributed by atoms with Crippen LogP contribution in [0.15, 0.2) is 18.2 Å². The van der Waals surface area contributed by atoms with Gasteiger partial charge in [-0.25, -0.2) is 4.39 Å². The molecule has 0 spiro atoms. The van der Waals surface area contributed by atoms with Gasteiger partial charge in [-0.3, -0.25) is 4.79 Å². The Kier molecular flexibility index (Phi) is 6.34. The van der Waals surface area contributed by atoms with Crippen LogP contribution in [0.3, 0.4) is 0 Å². The minimum atomic E-state index is -0.291. The Bertz CT molecular complexity index is 480. The number of hydrogen-bond donors (Lipinski definition) is 2. The van der Waals surface area contributed by atoms with Crippen molar-refractivity contribution in [3.05, 3.63) is 29.6 Å². The SMILES string of the molecule is Cc1cc(F)ccc1NC(=O)CCC(CCN)C(C)(C)C. The van der Waals surface area contributed by atoms with E-state index in [0.717, 1.165) is 18.4 Å². The zero-order valence-corrected chi connectivity index (χ0v) is 13.5. The zero-order chi connectivity index (χ0) is 16.0. The molecule has 0 aliphatic carbocycles. The molecule has 4 heteroatoms. The van der Waals surface area contributed by atoms with Crippen LogP contribution in [0.25, 0.3) is 0 Å². The number of rotatable bonds is 6. The Hall–Kier alpha value is -1.42. The quantitative estimate of drug-likeness (QED) is 0.837. The molecule has 0 bridgehead atoms. The van der Waals surface area contributed by atoms with E-state index in [4.69, 9.17) is 5.73 Å². The second-order valence-electron chi connectivity index (χ2n) is 6.69. The number of nitrogens with one attached hydrogen (secondary N) is 1. The zero-order valence-electron chi connectivity index (χ0n) is 13.5. The van der Waals surface area contributed by atoms with Crippen molar-refractivity contribution < 1.29 is 9.18 Å². The third-order valence-electron chi connectivity index (χ3n) is 3.92. The summed E-state index contributed by atoms with van der Waals surface area (Å²) in [5.41, 5.74) is 7.21. The average molecular weight is 294 g/mol. The molecule has 1 amide bonds. The first-order chi connectivity index (χ1) is 9.74. The van der Waals surface area contributed by atoms with Crippen LogP contribution in [0.5, 0.6) is 0 Å². The molecule has 0 aliphatic rings. The number of nitrogens with two attached hydrogens (primary N) is 1. The molecule has 3 N–H and O–H groups in total. The van der Waals surface area contributed by atoms with Gasteiger partial charge in [-0.2, -0.15) is 0 Å². The van der Waals surface area contributed by atoms with Crippen molar-refractivity contribution in [1.82, 2.24) is 0 Å². The lowest BCUT2D eigenvalue weighted by molar-refractivity contribution is -0.116. The van der Waals surface area contributed by atoms with Crippen LogP contribution >= 0.6 is 0 Å². The van der Waals surface area contributed by atoms with Crippen molar-refractivity contribution in [3.8, 4) is 0 Å². The smallest absolute Gasteiger partial charge is 0.224 e. The van der Waals surface area contributed by atoms with E-state index >= 15 is 0 Å². The minimum absolute atomic E-state index is 0.0315. The standard InChI is InChI=1S/C17H27FN2O/c1-12-11-14(18)6-7-15(12)20-16(21)8-5-13(9-10-19)17(2,3)4/h6-7,11,13H,5,8-10,19H2,1-4H3,(H,20,21). The molecule has 118 valence electrons. The summed E-state index contributed by atoms with van der Waals surface area (Å²) in [4.78, 5) is 12.0. The van der Waals surface area contributed by atoms with E-state index in [9.17, 15) is 9.18 Å². The van der Waals surface area contributed by atoms with Crippen LogP contribution in [0.2, 0.25) is 0 Å². The first kappa shape index (κ1) is 17.6. The summed E-state index contributed by atoms with van der Waals surface area (Å²) in [7, 11) is 0. The summed E-state index contributed by atoms with van der Waals surface area (Å²) in [5.74, 6) is 0.0970. The number of anilines is 1. The average Bonchev–Trinajstić information content (AvgIpc) is 2.36. The topological polar surface area (TPSA) is 55.1 Å². The number of amides is 1. The van der Waals surface area contributed by atoms with Crippen molar-refractivity contribution in [2.24, 2.45) is 17.1 Å². The lowest BCUT2D eigenvalue weighted by Gasteiger charge is -2.30. The molecule has 1 aromatic carbocycles. The number of carbonyl (C=O) groups excluding carboxylic acids is 1. The van der Waals surface area contributed by atoms with Gasteiger partial charge in [0.2, 0.25) is 5.91 Å². The summed E-state index contributed by atoms with van der Waals surface area (Å²) in [6.07, 6.45) is 2.19. The number of halogens is 1. The van der Waals surface area contributed by atoms with Gasteiger partial charge in [0, 0.05) is 12.1 Å². The first-order valence-electron chi connectivity index (χ1n) is 7.50. The van der Waals surface area contributed by atoms with Crippen LogP contribution in [0, 0.1) is 24.1 Å². The second kappa shape index (κ2) is 7.55. The van der Waals surface area contributed by atoms with E-state index < -0.39 is 0 Å². The Morgan fingerprint density at radius 3 is 2.52 bits per heavy atom. The maximum absolute atomic E-state index is 13.0. The van der Waals surface area contributed by atoms with E-state index in [2.05, 4.69) is 26.1 Å². The summed E-state index contributed by atoms with van der Waals surface area (Å²) in [6.45, 7) is 8.95. The first-order valence-corrected chi connectivity index (χ1v) is 7.50. The van der Waals surface area contributed by atoms with E-state index in [1.807, 2.05) is 0 Å². The van der Waals surface area contributed by atoms with Crippen LogP contribution < -0.4 is 11.1 Å².